The Bertz CT molecular complexity index is 1100. The van der Waals surface area contributed by atoms with E-state index in [4.69, 9.17) is 4.74 Å². The van der Waals surface area contributed by atoms with Crippen LogP contribution < -0.4 is 15.6 Å². The van der Waals surface area contributed by atoms with Crippen LogP contribution in [0.15, 0.2) is 59.4 Å². The Balaban J connectivity index is 1.47. The van der Waals surface area contributed by atoms with Crippen molar-refractivity contribution in [1.29, 1.82) is 0 Å². The highest BCUT2D eigenvalue weighted by Gasteiger charge is 2.30. The van der Waals surface area contributed by atoms with E-state index in [-0.39, 0.29) is 36.7 Å². The Morgan fingerprint density at radius 2 is 1.84 bits per heavy atom. The molecule has 0 aliphatic carbocycles. The molecule has 1 heterocycles. The number of para-hydroxylation sites is 1. The number of ether oxygens (including phenoxy) is 1. The smallest absolute Gasteiger partial charge is 0.416 e. The maximum atomic E-state index is 12.8. The molecule has 0 saturated heterocycles. The second-order valence-electron chi connectivity index (χ2n) is 6.93. The van der Waals surface area contributed by atoms with Crippen molar-refractivity contribution in [3.63, 3.8) is 0 Å². The number of aromatic amines is 1. The molecule has 32 heavy (non-hydrogen) atoms. The van der Waals surface area contributed by atoms with E-state index in [0.29, 0.717) is 24.5 Å². The molecule has 10 heteroatoms. The lowest BCUT2D eigenvalue weighted by Crippen LogP contribution is -2.29. The van der Waals surface area contributed by atoms with Gasteiger partial charge in [0.1, 0.15) is 23.9 Å². The van der Waals surface area contributed by atoms with E-state index in [1.807, 2.05) is 30.3 Å². The molecule has 0 fully saturated rings. The van der Waals surface area contributed by atoms with Crippen LogP contribution in [0.3, 0.4) is 0 Å². The Hall–Kier alpha value is -3.69. The molecule has 0 radical (unpaired) electrons. The molecule has 0 aliphatic heterocycles. The number of nitrogens with one attached hydrogen (secondary N) is 2. The molecule has 0 spiro atoms. The number of alkyl halides is 3. The molecular weight excluding hydrogens is 425 g/mol. The van der Waals surface area contributed by atoms with Gasteiger partial charge in [0.25, 0.3) is 5.56 Å². The van der Waals surface area contributed by atoms with Gasteiger partial charge in [-0.05, 0) is 23.8 Å². The summed E-state index contributed by atoms with van der Waals surface area (Å²) in [6.45, 7) is 0.617. The Morgan fingerprint density at radius 3 is 2.56 bits per heavy atom. The lowest BCUT2D eigenvalue weighted by atomic mass is 10.1. The van der Waals surface area contributed by atoms with E-state index >= 15 is 0 Å². The van der Waals surface area contributed by atoms with Gasteiger partial charge in [0.2, 0.25) is 5.91 Å². The highest BCUT2D eigenvalue weighted by Crippen LogP contribution is 2.29. The fourth-order valence-electron chi connectivity index (χ4n) is 2.88. The molecule has 1 amide bonds. The predicted molar refractivity (Wildman–Crippen MR) is 110 cm³/mol. The molecule has 7 nitrogen and oxygen atoms in total. The van der Waals surface area contributed by atoms with Gasteiger partial charge in [0.05, 0.1) is 12.1 Å². The molecule has 1 aromatic heterocycles. The number of carbonyl (C=O) groups is 1. The minimum absolute atomic E-state index is 0.00561. The highest BCUT2D eigenvalue weighted by atomic mass is 19.4. The van der Waals surface area contributed by atoms with E-state index in [1.54, 1.807) is 0 Å². The minimum Gasteiger partial charge on any atom is -0.492 e. The Kier molecular flexibility index (Phi) is 7.58. The monoisotopic (exact) mass is 446 g/mol. The molecule has 0 aliphatic rings. The van der Waals surface area contributed by atoms with Crippen LogP contribution in [0.1, 0.15) is 29.1 Å². The van der Waals surface area contributed by atoms with Crippen LogP contribution in [0.2, 0.25) is 0 Å². The molecule has 2 N–H and O–H groups in total. The number of nitrogens with zero attached hydrogens (tertiary/aromatic N) is 2. The number of hydrogen-bond acceptors (Lipinski definition) is 5. The van der Waals surface area contributed by atoms with E-state index in [2.05, 4.69) is 20.5 Å². The molecule has 0 unspecified atom stereocenters. The SMILES string of the molecule is O=C(CCc1nnc(Cc2cccc(C(F)(F)F)c2)[nH]c1=O)NCCOc1ccccc1. The zero-order chi connectivity index (χ0) is 23.0. The zero-order valence-corrected chi connectivity index (χ0v) is 17.0. The lowest BCUT2D eigenvalue weighted by Gasteiger charge is -2.08. The molecule has 3 aromatic rings. The summed E-state index contributed by atoms with van der Waals surface area (Å²) in [6, 6.07) is 14.0. The van der Waals surface area contributed by atoms with Gasteiger partial charge in [-0.2, -0.15) is 13.2 Å². The van der Waals surface area contributed by atoms with Crippen LogP contribution in [0, 0.1) is 0 Å². The van der Waals surface area contributed by atoms with Gasteiger partial charge < -0.3 is 15.0 Å². The van der Waals surface area contributed by atoms with Gasteiger partial charge in [0.15, 0.2) is 0 Å². The maximum absolute atomic E-state index is 12.8. The molecular formula is C22H21F3N4O3. The first-order valence-corrected chi connectivity index (χ1v) is 9.87. The fourth-order valence-corrected chi connectivity index (χ4v) is 2.88. The summed E-state index contributed by atoms with van der Waals surface area (Å²) in [5, 5.41) is 10.4. The summed E-state index contributed by atoms with van der Waals surface area (Å²) < 4.78 is 43.9. The Labute approximate surface area is 181 Å². The van der Waals surface area contributed by atoms with Crippen LogP contribution in [-0.4, -0.2) is 34.2 Å². The van der Waals surface area contributed by atoms with Gasteiger partial charge >= 0.3 is 6.18 Å². The van der Waals surface area contributed by atoms with E-state index < -0.39 is 17.3 Å². The van der Waals surface area contributed by atoms with Crippen molar-refractivity contribution >= 4 is 5.91 Å². The minimum atomic E-state index is -4.45. The van der Waals surface area contributed by atoms with Crippen LogP contribution in [0.5, 0.6) is 5.75 Å². The zero-order valence-electron chi connectivity index (χ0n) is 17.0. The highest BCUT2D eigenvalue weighted by molar-refractivity contribution is 5.76. The first-order chi connectivity index (χ1) is 15.3. The van der Waals surface area contributed by atoms with Crippen LogP contribution in [0.25, 0.3) is 0 Å². The van der Waals surface area contributed by atoms with Gasteiger partial charge in [-0.15, -0.1) is 10.2 Å². The van der Waals surface area contributed by atoms with E-state index in [9.17, 15) is 22.8 Å². The third kappa shape index (κ3) is 6.93. The van der Waals surface area contributed by atoms with Gasteiger partial charge in [0, 0.05) is 19.3 Å². The molecule has 0 atom stereocenters. The number of rotatable bonds is 9. The van der Waals surface area contributed by atoms with Crippen LogP contribution in [-0.2, 0) is 23.8 Å². The number of H-pyrrole nitrogens is 1. The average Bonchev–Trinajstić information content (AvgIpc) is 2.76. The normalized spacial score (nSPS) is 11.2. The number of carbonyl (C=O) groups excluding carboxylic acids is 1. The number of hydrogen-bond donors (Lipinski definition) is 2. The third-order valence-electron chi connectivity index (χ3n) is 4.46. The number of halogens is 3. The number of aromatic nitrogens is 3. The van der Waals surface area contributed by atoms with E-state index in [0.717, 1.165) is 12.1 Å². The fraction of sp³-hybridized carbons (Fsp3) is 0.273. The van der Waals surface area contributed by atoms with E-state index in [1.165, 1.54) is 12.1 Å². The predicted octanol–water partition coefficient (Wildman–Crippen LogP) is 2.90. The first kappa shape index (κ1) is 23.0. The third-order valence-corrected chi connectivity index (χ3v) is 4.46. The van der Waals surface area contributed by atoms with Crippen molar-refractivity contribution in [3.8, 4) is 5.75 Å². The molecule has 3 rings (SSSR count). The summed E-state index contributed by atoms with van der Waals surface area (Å²) in [4.78, 5) is 26.7. The van der Waals surface area contributed by atoms with Crippen molar-refractivity contribution in [2.45, 2.75) is 25.4 Å². The van der Waals surface area contributed by atoms with Gasteiger partial charge in [-0.1, -0.05) is 36.4 Å². The van der Waals surface area contributed by atoms with Crippen molar-refractivity contribution in [1.82, 2.24) is 20.5 Å². The standard InChI is InChI=1S/C22H21F3N4O3/c23-22(24,25)16-6-4-5-15(13-16)14-19-27-21(31)18(28-29-19)9-10-20(30)26-11-12-32-17-7-2-1-3-8-17/h1-8,13H,9-12,14H2,(H,26,30)(H,27,29,31). The number of aryl methyl sites for hydroxylation is 1. The molecule has 0 saturated carbocycles. The van der Waals surface area contributed by atoms with Crippen molar-refractivity contribution < 1.29 is 22.7 Å². The molecule has 168 valence electrons. The molecule has 2 aromatic carbocycles. The summed E-state index contributed by atoms with van der Waals surface area (Å²) in [5.74, 6) is 0.574. The van der Waals surface area contributed by atoms with Crippen LogP contribution in [0.4, 0.5) is 13.2 Å². The average molecular weight is 446 g/mol. The summed E-state index contributed by atoms with van der Waals surface area (Å²) in [5.41, 5.74) is -0.882. The van der Waals surface area contributed by atoms with Gasteiger partial charge in [-0.25, -0.2) is 0 Å². The first-order valence-electron chi connectivity index (χ1n) is 9.87. The second kappa shape index (κ2) is 10.6. The van der Waals surface area contributed by atoms with Crippen molar-refractivity contribution in [3.05, 3.63) is 87.6 Å². The Morgan fingerprint density at radius 1 is 1.06 bits per heavy atom. The van der Waals surface area contributed by atoms with Gasteiger partial charge in [-0.3, -0.25) is 9.59 Å². The largest absolute Gasteiger partial charge is 0.492 e. The topological polar surface area (TPSA) is 97.0 Å². The van der Waals surface area contributed by atoms with Crippen LogP contribution >= 0.6 is 0 Å². The quantitative estimate of drug-likeness (QED) is 0.493. The number of amides is 1. The second-order valence-corrected chi connectivity index (χ2v) is 6.93. The summed E-state index contributed by atoms with van der Waals surface area (Å²) in [6.07, 6.45) is -4.34. The lowest BCUT2D eigenvalue weighted by molar-refractivity contribution is -0.137. The van der Waals surface area contributed by atoms with Crippen molar-refractivity contribution in [2.75, 3.05) is 13.2 Å². The summed E-state index contributed by atoms with van der Waals surface area (Å²) >= 11 is 0. The van der Waals surface area contributed by atoms with Crippen molar-refractivity contribution in [2.24, 2.45) is 0 Å². The molecule has 0 bridgehead atoms. The summed E-state index contributed by atoms with van der Waals surface area (Å²) in [7, 11) is 0. The maximum Gasteiger partial charge on any atom is 0.416 e. The number of benzene rings is 2.